The van der Waals surface area contributed by atoms with Crippen molar-refractivity contribution in [3.05, 3.63) is 36.0 Å². The number of nitrogen functional groups attached to an aromatic ring is 1. The molecule has 2 aliphatic carbocycles. The number of nitrogens with two attached hydrogens (primary N) is 1. The van der Waals surface area contributed by atoms with E-state index in [-0.39, 0.29) is 0 Å². The van der Waals surface area contributed by atoms with Crippen molar-refractivity contribution >= 4 is 39.6 Å². The number of ether oxygens (including phenoxy) is 1. The van der Waals surface area contributed by atoms with Gasteiger partial charge in [-0.3, -0.25) is 4.57 Å². The first kappa shape index (κ1) is 28.9. The molecular formula is C29H43IN5O4+. The van der Waals surface area contributed by atoms with Gasteiger partial charge in [0.05, 0.1) is 13.2 Å². The van der Waals surface area contributed by atoms with Crippen LogP contribution in [-0.2, 0) is 11.3 Å². The van der Waals surface area contributed by atoms with E-state index in [1.54, 1.807) is 16.5 Å². The topological polar surface area (TPSA) is 131 Å². The number of fused-ring (bicyclic) bond motifs is 2. The molecule has 3 aliphatic rings. The minimum absolute atomic E-state index is 0.294. The highest BCUT2D eigenvalue weighted by Crippen LogP contribution is 2.57. The van der Waals surface area contributed by atoms with Gasteiger partial charge >= 0.3 is 0 Å². The molecule has 2 aromatic rings. The molecule has 1 aliphatic heterocycles. The van der Waals surface area contributed by atoms with Crippen LogP contribution in [0.1, 0.15) is 72.4 Å². The minimum Gasteiger partial charge on any atom is -0.394 e. The molecule has 10 heteroatoms. The van der Waals surface area contributed by atoms with Crippen molar-refractivity contribution in [2.75, 3.05) is 12.3 Å². The molecule has 214 valence electrons. The van der Waals surface area contributed by atoms with Crippen LogP contribution in [0.2, 0.25) is 0 Å². The SMILES string of the molecule is C/C(=C\C[n+]1cnc2c(ncn2[C@@H]2O[C@H](CO)C(O)[C@@H]2O)c1N)CC[C@@]1(C)[C@@H]2CCC[C@](C)(I)C2=CC[C@@H]1C. The first-order valence-corrected chi connectivity index (χ1v) is 15.2. The Morgan fingerprint density at radius 1 is 1.31 bits per heavy atom. The second-order valence-corrected chi connectivity index (χ2v) is 14.7. The normalized spacial score (nSPS) is 37.2. The molecule has 0 bridgehead atoms. The Labute approximate surface area is 244 Å². The van der Waals surface area contributed by atoms with Gasteiger partial charge in [0.25, 0.3) is 5.82 Å². The van der Waals surface area contributed by atoms with Crippen LogP contribution in [0, 0.1) is 17.3 Å². The molecule has 8 atom stereocenters. The maximum Gasteiger partial charge on any atom is 0.251 e. The molecule has 3 heterocycles. The number of hydrogen-bond acceptors (Lipinski definition) is 7. The second-order valence-electron chi connectivity index (χ2n) is 12.3. The summed E-state index contributed by atoms with van der Waals surface area (Å²) in [7, 11) is 0. The van der Waals surface area contributed by atoms with Crippen molar-refractivity contribution in [2.45, 2.75) is 101 Å². The third kappa shape index (κ3) is 5.16. The highest BCUT2D eigenvalue weighted by molar-refractivity contribution is 14.1. The van der Waals surface area contributed by atoms with Crippen LogP contribution in [-0.4, -0.2) is 58.2 Å². The fraction of sp³-hybridized carbons (Fsp3) is 0.690. The largest absolute Gasteiger partial charge is 0.394 e. The number of aliphatic hydroxyl groups excluding tert-OH is 3. The predicted molar refractivity (Wildman–Crippen MR) is 158 cm³/mol. The van der Waals surface area contributed by atoms with E-state index in [2.05, 4.69) is 72.4 Å². The van der Waals surface area contributed by atoms with Crippen LogP contribution < -0.4 is 10.3 Å². The molecule has 1 saturated heterocycles. The Balaban J connectivity index is 1.28. The lowest BCUT2D eigenvalue weighted by atomic mass is 9.54. The first-order chi connectivity index (χ1) is 18.5. The number of alkyl halides is 1. The van der Waals surface area contributed by atoms with Gasteiger partial charge in [0, 0.05) is 3.42 Å². The van der Waals surface area contributed by atoms with E-state index in [0.717, 1.165) is 6.42 Å². The highest BCUT2D eigenvalue weighted by atomic mass is 127. The summed E-state index contributed by atoms with van der Waals surface area (Å²) in [6.07, 6.45) is 11.1. The Morgan fingerprint density at radius 3 is 2.79 bits per heavy atom. The number of hydrogen-bond donors (Lipinski definition) is 4. The number of anilines is 1. The zero-order valence-corrected chi connectivity index (χ0v) is 25.6. The van der Waals surface area contributed by atoms with Crippen molar-refractivity contribution in [3.63, 3.8) is 0 Å². The zero-order chi connectivity index (χ0) is 28.1. The van der Waals surface area contributed by atoms with Crippen molar-refractivity contribution in [3.8, 4) is 0 Å². The fourth-order valence-electron chi connectivity index (χ4n) is 6.93. The van der Waals surface area contributed by atoms with Gasteiger partial charge in [-0.15, -0.1) is 0 Å². The van der Waals surface area contributed by atoms with Gasteiger partial charge in [-0.1, -0.05) is 71.1 Å². The van der Waals surface area contributed by atoms with Gasteiger partial charge in [-0.25, -0.2) is 9.55 Å². The summed E-state index contributed by atoms with van der Waals surface area (Å²) in [5.74, 6) is 1.82. The van der Waals surface area contributed by atoms with Gasteiger partial charge in [0.15, 0.2) is 11.7 Å². The Morgan fingerprint density at radius 2 is 2.08 bits per heavy atom. The van der Waals surface area contributed by atoms with Crippen LogP contribution in [0.3, 0.4) is 0 Å². The molecule has 5 rings (SSSR count). The zero-order valence-electron chi connectivity index (χ0n) is 23.4. The maximum absolute atomic E-state index is 10.4. The number of aliphatic hydroxyl groups is 3. The molecule has 0 amide bonds. The molecule has 39 heavy (non-hydrogen) atoms. The summed E-state index contributed by atoms with van der Waals surface area (Å²) in [5, 5.41) is 30.0. The Bertz CT molecular complexity index is 1280. The smallest absolute Gasteiger partial charge is 0.251 e. The summed E-state index contributed by atoms with van der Waals surface area (Å²) in [6, 6.07) is 0. The van der Waals surface area contributed by atoms with E-state index in [1.807, 2.05) is 4.57 Å². The quantitative estimate of drug-likeness (QED) is 0.156. The predicted octanol–water partition coefficient (Wildman–Crippen LogP) is 3.61. The third-order valence-electron chi connectivity index (χ3n) is 9.85. The summed E-state index contributed by atoms with van der Waals surface area (Å²) in [4.78, 5) is 8.96. The molecule has 1 unspecified atom stereocenters. The first-order valence-electron chi connectivity index (χ1n) is 14.2. The van der Waals surface area contributed by atoms with E-state index in [1.165, 1.54) is 44.0 Å². The molecule has 0 aromatic carbocycles. The number of aromatic nitrogens is 4. The van der Waals surface area contributed by atoms with Gasteiger partial charge < -0.3 is 25.8 Å². The lowest BCUT2D eigenvalue weighted by molar-refractivity contribution is -0.674. The van der Waals surface area contributed by atoms with Crippen LogP contribution in [0.15, 0.2) is 36.0 Å². The molecule has 5 N–H and O–H groups in total. The lowest BCUT2D eigenvalue weighted by Crippen LogP contribution is -2.44. The van der Waals surface area contributed by atoms with E-state index >= 15 is 0 Å². The highest BCUT2D eigenvalue weighted by Gasteiger charge is 2.48. The van der Waals surface area contributed by atoms with Crippen LogP contribution in [0.4, 0.5) is 5.82 Å². The van der Waals surface area contributed by atoms with Gasteiger partial charge in [0.1, 0.15) is 24.6 Å². The van der Waals surface area contributed by atoms with Crippen LogP contribution >= 0.6 is 22.6 Å². The van der Waals surface area contributed by atoms with E-state index in [4.69, 9.17) is 10.5 Å². The van der Waals surface area contributed by atoms with E-state index in [0.29, 0.717) is 44.2 Å². The average Bonchev–Trinajstić information content (AvgIpc) is 3.45. The van der Waals surface area contributed by atoms with Crippen LogP contribution in [0.5, 0.6) is 0 Å². The Hall–Kier alpha value is -1.60. The molecule has 2 aromatic heterocycles. The number of nitrogens with zero attached hydrogens (tertiary/aromatic N) is 4. The molecule has 0 spiro atoms. The molecule has 1 saturated carbocycles. The summed E-state index contributed by atoms with van der Waals surface area (Å²) in [6.45, 7) is 9.78. The molecule has 9 nitrogen and oxygen atoms in total. The van der Waals surface area contributed by atoms with Crippen molar-refractivity contribution in [1.82, 2.24) is 14.5 Å². The molecule has 0 radical (unpaired) electrons. The Kier molecular flexibility index (Phi) is 8.15. The van der Waals surface area contributed by atoms with Crippen molar-refractivity contribution < 1.29 is 24.6 Å². The fourth-order valence-corrected chi connectivity index (χ4v) is 7.91. The van der Waals surface area contributed by atoms with Crippen molar-refractivity contribution in [2.24, 2.45) is 17.3 Å². The average molecular weight is 653 g/mol. The number of halogens is 1. The molecular weight excluding hydrogens is 609 g/mol. The maximum atomic E-state index is 10.4. The number of imidazole rings is 1. The van der Waals surface area contributed by atoms with E-state index < -0.39 is 31.1 Å². The summed E-state index contributed by atoms with van der Waals surface area (Å²) in [5.41, 5.74) is 10.8. The standard InChI is InChI=1S/C29H42IN5O4/c1-17(9-12-28(3)18(2)7-8-20-19(28)6-5-11-29(20,4)30)10-13-34-15-33-26-22(25(34)31)32-16-35(26)27-24(38)23(37)21(14-36)39-27/h8,10,15-16,18-19,21,23-24,27,31,36-38H,5-7,9,11-14H2,1-4H3/p+1/b17-10+/t18-,19+,21+,23?,24-,27+,28+,29-/m0/s1. The van der Waals surface area contributed by atoms with Crippen molar-refractivity contribution in [1.29, 1.82) is 0 Å². The number of allylic oxidation sites excluding steroid dienone is 4. The lowest BCUT2D eigenvalue weighted by Gasteiger charge is -2.52. The van der Waals surface area contributed by atoms with E-state index in [9.17, 15) is 15.3 Å². The van der Waals surface area contributed by atoms with Gasteiger partial charge in [-0.2, -0.15) is 0 Å². The number of rotatable bonds is 7. The van der Waals surface area contributed by atoms with Crippen LogP contribution in [0.25, 0.3) is 11.2 Å². The third-order valence-corrected chi connectivity index (χ3v) is 11.0. The van der Waals surface area contributed by atoms with Gasteiger partial charge in [-0.05, 0) is 63.2 Å². The summed E-state index contributed by atoms with van der Waals surface area (Å²) >= 11 is 2.69. The molecule has 2 fully saturated rings. The monoisotopic (exact) mass is 652 g/mol. The minimum atomic E-state index is -1.21. The second kappa shape index (κ2) is 11.0. The van der Waals surface area contributed by atoms with Gasteiger partial charge in [0.2, 0.25) is 12.0 Å². The summed E-state index contributed by atoms with van der Waals surface area (Å²) < 4.78 is 9.37.